The first kappa shape index (κ1) is 8.95. The van der Waals surface area contributed by atoms with Crippen LogP contribution >= 0.6 is 0 Å². The zero-order valence-electron chi connectivity index (χ0n) is 8.37. The Morgan fingerprint density at radius 3 is 2.36 bits per heavy atom. The fraction of sp³-hybridized carbons (Fsp3) is 0.154. The highest BCUT2D eigenvalue weighted by Gasteiger charge is 2.04. The summed E-state index contributed by atoms with van der Waals surface area (Å²) in [6.45, 7) is 4.13. The molecule has 14 heavy (non-hydrogen) atoms. The van der Waals surface area contributed by atoms with E-state index in [-0.39, 0.29) is 0 Å². The van der Waals surface area contributed by atoms with E-state index in [9.17, 15) is 4.79 Å². The van der Waals surface area contributed by atoms with E-state index in [1.54, 1.807) is 0 Å². The summed E-state index contributed by atoms with van der Waals surface area (Å²) in [7, 11) is 0. The fourth-order valence-electron chi connectivity index (χ4n) is 1.79. The number of aldehydes is 1. The predicted molar refractivity (Wildman–Crippen MR) is 58.8 cm³/mol. The number of carbonyl (C=O) groups is 1. The van der Waals surface area contributed by atoms with Crippen molar-refractivity contribution in [3.05, 3.63) is 47.0 Å². The van der Waals surface area contributed by atoms with Crippen LogP contribution in [-0.2, 0) is 0 Å². The van der Waals surface area contributed by atoms with Gasteiger partial charge >= 0.3 is 0 Å². The van der Waals surface area contributed by atoms with Crippen LogP contribution in [0.15, 0.2) is 30.3 Å². The number of rotatable bonds is 1. The number of hydrogen-bond acceptors (Lipinski definition) is 1. The van der Waals surface area contributed by atoms with Gasteiger partial charge in [-0.15, -0.1) is 0 Å². The summed E-state index contributed by atoms with van der Waals surface area (Å²) in [6.07, 6.45) is 0.925. The fourth-order valence-corrected chi connectivity index (χ4v) is 1.79. The predicted octanol–water partition coefficient (Wildman–Crippen LogP) is 3.27. The van der Waals surface area contributed by atoms with Crippen LogP contribution in [0.25, 0.3) is 10.8 Å². The lowest BCUT2D eigenvalue weighted by Crippen LogP contribution is -1.90. The van der Waals surface area contributed by atoms with Crippen LogP contribution in [0.2, 0.25) is 0 Å². The second-order valence-corrected chi connectivity index (χ2v) is 3.57. The maximum atomic E-state index is 10.9. The first-order chi connectivity index (χ1) is 6.74. The average Bonchev–Trinajstić information content (AvgIpc) is 2.23. The van der Waals surface area contributed by atoms with E-state index in [1.165, 1.54) is 16.5 Å². The SMILES string of the molecule is Cc1cc(C=O)c2ccccc2c1C. The Morgan fingerprint density at radius 2 is 1.71 bits per heavy atom. The van der Waals surface area contributed by atoms with Gasteiger partial charge in [0.1, 0.15) is 0 Å². The molecule has 1 nitrogen and oxygen atoms in total. The summed E-state index contributed by atoms with van der Waals surface area (Å²) < 4.78 is 0. The van der Waals surface area contributed by atoms with Crippen molar-refractivity contribution in [3.63, 3.8) is 0 Å². The van der Waals surface area contributed by atoms with Crippen LogP contribution < -0.4 is 0 Å². The number of hydrogen-bond donors (Lipinski definition) is 0. The van der Waals surface area contributed by atoms with E-state index >= 15 is 0 Å². The molecular formula is C13H12O. The zero-order chi connectivity index (χ0) is 10.1. The molecule has 0 aliphatic heterocycles. The third-order valence-electron chi connectivity index (χ3n) is 2.73. The summed E-state index contributed by atoms with van der Waals surface area (Å²) in [5.74, 6) is 0. The van der Waals surface area contributed by atoms with E-state index in [2.05, 4.69) is 13.0 Å². The molecule has 0 aliphatic rings. The molecule has 0 N–H and O–H groups in total. The van der Waals surface area contributed by atoms with Crippen LogP contribution in [0.3, 0.4) is 0 Å². The molecule has 0 atom stereocenters. The molecule has 0 fully saturated rings. The smallest absolute Gasteiger partial charge is 0.150 e. The minimum atomic E-state index is 0.781. The maximum Gasteiger partial charge on any atom is 0.150 e. The van der Waals surface area contributed by atoms with Crippen LogP contribution in [0.4, 0.5) is 0 Å². The summed E-state index contributed by atoms with van der Waals surface area (Å²) in [6, 6.07) is 9.97. The van der Waals surface area contributed by atoms with Gasteiger partial charge < -0.3 is 0 Å². The molecule has 0 aromatic heterocycles. The highest BCUT2D eigenvalue weighted by molar-refractivity contribution is 6.00. The second-order valence-electron chi connectivity index (χ2n) is 3.57. The van der Waals surface area contributed by atoms with Crippen molar-refractivity contribution < 1.29 is 4.79 Å². The first-order valence-electron chi connectivity index (χ1n) is 4.68. The lowest BCUT2D eigenvalue weighted by molar-refractivity contribution is 0.112. The summed E-state index contributed by atoms with van der Waals surface area (Å²) >= 11 is 0. The number of benzene rings is 2. The van der Waals surface area contributed by atoms with Gasteiger partial charge in [-0.2, -0.15) is 0 Å². The Bertz CT molecular complexity index is 498. The number of fused-ring (bicyclic) bond motifs is 1. The van der Waals surface area contributed by atoms with Crippen molar-refractivity contribution in [2.24, 2.45) is 0 Å². The highest BCUT2D eigenvalue weighted by atomic mass is 16.1. The summed E-state index contributed by atoms with van der Waals surface area (Å²) in [5.41, 5.74) is 3.21. The maximum absolute atomic E-state index is 10.9. The highest BCUT2D eigenvalue weighted by Crippen LogP contribution is 2.24. The van der Waals surface area contributed by atoms with E-state index < -0.39 is 0 Å². The van der Waals surface area contributed by atoms with Gasteiger partial charge in [-0.05, 0) is 41.8 Å². The molecule has 1 heteroatoms. The van der Waals surface area contributed by atoms with E-state index in [4.69, 9.17) is 0 Å². The quantitative estimate of drug-likeness (QED) is 0.622. The Balaban J connectivity index is 2.96. The molecule has 0 unspecified atom stereocenters. The van der Waals surface area contributed by atoms with Gasteiger partial charge in [0, 0.05) is 5.56 Å². The van der Waals surface area contributed by atoms with E-state index in [0.29, 0.717) is 0 Å². The standard InChI is InChI=1S/C13H12O/c1-9-7-11(8-14)13-6-4-3-5-12(13)10(9)2/h3-8H,1-2H3. The Kier molecular flexibility index (Phi) is 2.08. The molecule has 0 heterocycles. The van der Waals surface area contributed by atoms with Crippen molar-refractivity contribution in [3.8, 4) is 0 Å². The average molecular weight is 184 g/mol. The van der Waals surface area contributed by atoms with Gasteiger partial charge in [-0.3, -0.25) is 4.79 Å². The summed E-state index contributed by atoms with van der Waals surface area (Å²) in [5, 5.41) is 2.22. The van der Waals surface area contributed by atoms with E-state index in [0.717, 1.165) is 17.2 Å². The van der Waals surface area contributed by atoms with Crippen molar-refractivity contribution in [1.82, 2.24) is 0 Å². The van der Waals surface area contributed by atoms with Gasteiger partial charge in [0.05, 0.1) is 0 Å². The second kappa shape index (κ2) is 3.26. The number of carbonyl (C=O) groups excluding carboxylic acids is 1. The molecule has 0 saturated carbocycles. The lowest BCUT2D eigenvalue weighted by atomic mass is 9.97. The molecule has 2 aromatic rings. The largest absolute Gasteiger partial charge is 0.298 e. The van der Waals surface area contributed by atoms with Crippen molar-refractivity contribution in [1.29, 1.82) is 0 Å². The zero-order valence-corrected chi connectivity index (χ0v) is 8.37. The normalized spacial score (nSPS) is 10.4. The van der Waals surface area contributed by atoms with Gasteiger partial charge in [-0.25, -0.2) is 0 Å². The third kappa shape index (κ3) is 1.22. The topological polar surface area (TPSA) is 17.1 Å². The molecule has 2 aromatic carbocycles. The van der Waals surface area contributed by atoms with Gasteiger partial charge in [-0.1, -0.05) is 24.3 Å². The lowest BCUT2D eigenvalue weighted by Gasteiger charge is -2.07. The molecule has 0 bridgehead atoms. The van der Waals surface area contributed by atoms with Crippen LogP contribution in [-0.4, -0.2) is 6.29 Å². The van der Waals surface area contributed by atoms with Gasteiger partial charge in [0.2, 0.25) is 0 Å². The van der Waals surface area contributed by atoms with Crippen LogP contribution in [0.5, 0.6) is 0 Å². The molecule has 0 radical (unpaired) electrons. The third-order valence-corrected chi connectivity index (χ3v) is 2.73. The molecular weight excluding hydrogens is 172 g/mol. The molecule has 0 aliphatic carbocycles. The van der Waals surface area contributed by atoms with Crippen molar-refractivity contribution >= 4 is 17.1 Å². The molecule has 70 valence electrons. The Morgan fingerprint density at radius 1 is 1.07 bits per heavy atom. The summed E-state index contributed by atoms with van der Waals surface area (Å²) in [4.78, 5) is 10.9. The monoisotopic (exact) mass is 184 g/mol. The Hall–Kier alpha value is -1.63. The van der Waals surface area contributed by atoms with Gasteiger partial charge in [0.15, 0.2) is 6.29 Å². The minimum Gasteiger partial charge on any atom is -0.298 e. The van der Waals surface area contributed by atoms with Gasteiger partial charge in [0.25, 0.3) is 0 Å². The minimum absolute atomic E-state index is 0.781. The van der Waals surface area contributed by atoms with Crippen molar-refractivity contribution in [2.45, 2.75) is 13.8 Å². The van der Waals surface area contributed by atoms with Crippen LogP contribution in [0.1, 0.15) is 21.5 Å². The first-order valence-corrected chi connectivity index (χ1v) is 4.68. The van der Waals surface area contributed by atoms with E-state index in [1.807, 2.05) is 31.2 Å². The number of aryl methyl sites for hydroxylation is 2. The Labute approximate surface area is 83.4 Å². The molecule has 0 spiro atoms. The molecule has 0 saturated heterocycles. The van der Waals surface area contributed by atoms with Crippen LogP contribution in [0, 0.1) is 13.8 Å². The van der Waals surface area contributed by atoms with Crippen molar-refractivity contribution in [2.75, 3.05) is 0 Å². The molecule has 0 amide bonds. The molecule has 2 rings (SSSR count).